The van der Waals surface area contributed by atoms with Gasteiger partial charge in [0.15, 0.2) is 0 Å². The Morgan fingerprint density at radius 1 is 1.19 bits per heavy atom. The number of hydrogen-bond donors (Lipinski definition) is 2. The van der Waals surface area contributed by atoms with Gasteiger partial charge in [-0.3, -0.25) is 9.69 Å². The molecule has 1 aromatic carbocycles. The molecule has 0 saturated carbocycles. The molecule has 0 bridgehead atoms. The second-order valence-electron chi connectivity index (χ2n) is 8.45. The van der Waals surface area contributed by atoms with Crippen LogP contribution in [-0.2, 0) is 13.0 Å². The number of H-pyrrole nitrogens is 1. The number of rotatable bonds is 3. The van der Waals surface area contributed by atoms with Gasteiger partial charge < -0.3 is 15.2 Å². The van der Waals surface area contributed by atoms with Gasteiger partial charge in [-0.1, -0.05) is 6.07 Å². The van der Waals surface area contributed by atoms with Gasteiger partial charge >= 0.3 is 0 Å². The molecule has 3 aromatic rings. The average Bonchev–Trinajstić information content (AvgIpc) is 2.79. The number of nitriles is 1. The lowest BCUT2D eigenvalue weighted by Crippen LogP contribution is -2.46. The number of hydrogen-bond acceptors (Lipinski definition) is 6. The van der Waals surface area contributed by atoms with Gasteiger partial charge in [-0.05, 0) is 49.1 Å². The van der Waals surface area contributed by atoms with Crippen LogP contribution >= 0.6 is 0 Å². The van der Waals surface area contributed by atoms with Gasteiger partial charge in [0.25, 0.3) is 5.56 Å². The third-order valence-corrected chi connectivity index (χ3v) is 6.35. The third-order valence-electron chi connectivity index (χ3n) is 6.35. The van der Waals surface area contributed by atoms with Crippen LogP contribution in [0.4, 0.5) is 11.5 Å². The van der Waals surface area contributed by atoms with Crippen molar-refractivity contribution < 1.29 is 0 Å². The molecule has 2 aliphatic heterocycles. The normalized spacial score (nSPS) is 16.6. The Kier molecular flexibility index (Phi) is 5.08. The smallest absolute Gasteiger partial charge is 0.253 e. The van der Waals surface area contributed by atoms with Crippen LogP contribution in [0, 0.1) is 18.3 Å². The number of pyridine rings is 2. The Morgan fingerprint density at radius 3 is 2.77 bits per heavy atom. The predicted molar refractivity (Wildman–Crippen MR) is 123 cm³/mol. The van der Waals surface area contributed by atoms with Crippen LogP contribution in [0.3, 0.4) is 0 Å². The quantitative estimate of drug-likeness (QED) is 0.685. The molecule has 4 heterocycles. The highest BCUT2D eigenvalue weighted by molar-refractivity contribution is 5.96. The first-order valence-corrected chi connectivity index (χ1v) is 10.9. The predicted octanol–water partition coefficient (Wildman–Crippen LogP) is 2.78. The first-order valence-electron chi connectivity index (χ1n) is 10.9. The maximum atomic E-state index is 12.6. The molecule has 158 valence electrons. The summed E-state index contributed by atoms with van der Waals surface area (Å²) in [5, 5.41) is 13.5. The fourth-order valence-corrected chi connectivity index (χ4v) is 4.79. The van der Waals surface area contributed by atoms with Gasteiger partial charge in [0.2, 0.25) is 0 Å². The van der Waals surface area contributed by atoms with E-state index in [1.807, 2.05) is 12.1 Å². The van der Waals surface area contributed by atoms with Crippen LogP contribution in [0.1, 0.15) is 28.7 Å². The lowest BCUT2D eigenvalue weighted by molar-refractivity contribution is 0.249. The van der Waals surface area contributed by atoms with E-state index in [1.54, 1.807) is 6.20 Å². The van der Waals surface area contributed by atoms with Crippen LogP contribution < -0.4 is 15.8 Å². The highest BCUT2D eigenvalue weighted by Gasteiger charge is 2.20. The Hall–Kier alpha value is -3.37. The number of nitrogens with one attached hydrogen (secondary N) is 2. The molecule has 0 unspecified atom stereocenters. The second-order valence-corrected chi connectivity index (χ2v) is 8.45. The van der Waals surface area contributed by atoms with Gasteiger partial charge in [-0.25, -0.2) is 4.98 Å². The second kappa shape index (κ2) is 8.05. The fourth-order valence-electron chi connectivity index (χ4n) is 4.79. The van der Waals surface area contributed by atoms with E-state index in [0.29, 0.717) is 5.56 Å². The van der Waals surface area contributed by atoms with Crippen molar-refractivity contribution in [1.29, 1.82) is 5.26 Å². The topological polar surface area (TPSA) is 88.0 Å². The molecule has 0 amide bonds. The van der Waals surface area contributed by atoms with E-state index < -0.39 is 0 Å². The minimum Gasteiger partial charge on any atom is -0.384 e. The summed E-state index contributed by atoms with van der Waals surface area (Å²) in [4.78, 5) is 24.8. The van der Waals surface area contributed by atoms with Crippen molar-refractivity contribution in [2.45, 2.75) is 26.3 Å². The lowest BCUT2D eigenvalue weighted by atomic mass is 9.97. The first kappa shape index (κ1) is 19.6. The van der Waals surface area contributed by atoms with E-state index in [9.17, 15) is 4.79 Å². The van der Waals surface area contributed by atoms with Crippen molar-refractivity contribution in [3.05, 3.63) is 63.1 Å². The van der Waals surface area contributed by atoms with Crippen molar-refractivity contribution >= 4 is 22.4 Å². The molecular weight excluding hydrogens is 388 g/mol. The van der Waals surface area contributed by atoms with E-state index in [4.69, 9.17) is 5.26 Å². The maximum Gasteiger partial charge on any atom is 0.253 e. The SMILES string of the molecule is Cc1cc(CN2CCN(c3ccc(C#N)cn3)CC2)cc2[nH]c(=O)c3c(c12)NCCC3. The molecule has 2 N–H and O–H groups in total. The molecule has 31 heavy (non-hydrogen) atoms. The van der Waals surface area contributed by atoms with E-state index in [-0.39, 0.29) is 5.56 Å². The Labute approximate surface area is 181 Å². The number of fused-ring (bicyclic) bond motifs is 3. The molecule has 0 radical (unpaired) electrons. The van der Waals surface area contributed by atoms with Crippen LogP contribution in [0.25, 0.3) is 10.9 Å². The van der Waals surface area contributed by atoms with E-state index >= 15 is 0 Å². The molecule has 7 nitrogen and oxygen atoms in total. The molecule has 7 heteroatoms. The van der Waals surface area contributed by atoms with Crippen molar-refractivity contribution in [3.63, 3.8) is 0 Å². The molecular formula is C24H26N6O. The molecule has 0 atom stereocenters. The zero-order valence-electron chi connectivity index (χ0n) is 17.7. The number of aryl methyl sites for hydroxylation is 1. The minimum absolute atomic E-state index is 0.0368. The summed E-state index contributed by atoms with van der Waals surface area (Å²) in [6.07, 6.45) is 3.48. The van der Waals surface area contributed by atoms with Gasteiger partial charge in [0.05, 0.1) is 16.8 Å². The standard InChI is InChI=1S/C24H26N6O/c1-16-11-18(12-20-22(16)23-19(24(31)28-20)3-2-6-26-23)15-29-7-9-30(10-8-29)21-5-4-17(13-25)14-27-21/h4-5,11-12,14,26H,2-3,6-10,15H2,1H3,(H,28,31). The number of aromatic nitrogens is 2. The molecule has 2 aromatic heterocycles. The average molecular weight is 415 g/mol. The Balaban J connectivity index is 1.32. The molecule has 0 spiro atoms. The Bertz CT molecular complexity index is 1220. The molecule has 1 fully saturated rings. The van der Waals surface area contributed by atoms with E-state index in [1.165, 1.54) is 11.1 Å². The number of aromatic amines is 1. The van der Waals surface area contributed by atoms with Crippen LogP contribution in [0.2, 0.25) is 0 Å². The lowest BCUT2D eigenvalue weighted by Gasteiger charge is -2.35. The van der Waals surface area contributed by atoms with Crippen molar-refractivity contribution in [2.24, 2.45) is 0 Å². The number of anilines is 2. The number of nitrogens with zero attached hydrogens (tertiary/aromatic N) is 4. The summed E-state index contributed by atoms with van der Waals surface area (Å²) >= 11 is 0. The maximum absolute atomic E-state index is 12.6. The monoisotopic (exact) mass is 414 g/mol. The Morgan fingerprint density at radius 2 is 2.03 bits per heavy atom. The van der Waals surface area contributed by atoms with Gasteiger partial charge in [0, 0.05) is 56.4 Å². The molecule has 0 aliphatic carbocycles. The van der Waals surface area contributed by atoms with Crippen LogP contribution in [-0.4, -0.2) is 47.6 Å². The third kappa shape index (κ3) is 3.75. The summed E-state index contributed by atoms with van der Waals surface area (Å²) in [6.45, 7) is 7.61. The van der Waals surface area contributed by atoms with Crippen LogP contribution in [0.15, 0.2) is 35.3 Å². The summed E-state index contributed by atoms with van der Waals surface area (Å²) < 4.78 is 0. The number of piperazine rings is 1. The summed E-state index contributed by atoms with van der Waals surface area (Å²) in [5.41, 5.74) is 5.89. The first-order chi connectivity index (χ1) is 15.1. The van der Waals surface area contributed by atoms with Gasteiger partial charge in [-0.15, -0.1) is 0 Å². The molecule has 2 aliphatic rings. The minimum atomic E-state index is 0.0368. The zero-order valence-corrected chi connectivity index (χ0v) is 17.7. The summed E-state index contributed by atoms with van der Waals surface area (Å²) in [7, 11) is 0. The fraction of sp³-hybridized carbons (Fsp3) is 0.375. The van der Waals surface area contributed by atoms with Crippen molar-refractivity contribution in [3.8, 4) is 6.07 Å². The van der Waals surface area contributed by atoms with Gasteiger partial charge in [-0.2, -0.15) is 5.26 Å². The van der Waals surface area contributed by atoms with Gasteiger partial charge in [0.1, 0.15) is 11.9 Å². The van der Waals surface area contributed by atoms with Crippen molar-refractivity contribution in [1.82, 2.24) is 14.9 Å². The van der Waals surface area contributed by atoms with Crippen molar-refractivity contribution in [2.75, 3.05) is 42.9 Å². The molecule has 1 saturated heterocycles. The molecule has 5 rings (SSSR count). The van der Waals surface area contributed by atoms with E-state index in [0.717, 1.165) is 80.1 Å². The number of benzene rings is 1. The highest BCUT2D eigenvalue weighted by Crippen LogP contribution is 2.31. The summed E-state index contributed by atoms with van der Waals surface area (Å²) in [6, 6.07) is 10.2. The largest absolute Gasteiger partial charge is 0.384 e. The summed E-state index contributed by atoms with van der Waals surface area (Å²) in [5.74, 6) is 0.926. The zero-order chi connectivity index (χ0) is 21.4. The van der Waals surface area contributed by atoms with E-state index in [2.05, 4.69) is 50.2 Å². The highest BCUT2D eigenvalue weighted by atomic mass is 16.1. The van der Waals surface area contributed by atoms with Crippen LogP contribution in [0.5, 0.6) is 0 Å².